The third kappa shape index (κ3) is 2.86. The van der Waals surface area contributed by atoms with Crippen LogP contribution in [0, 0.1) is 25.7 Å². The maximum absolute atomic E-state index is 4.58. The first kappa shape index (κ1) is 14.6. The van der Waals surface area contributed by atoms with Gasteiger partial charge in [0.15, 0.2) is 0 Å². The molecule has 1 aromatic rings. The predicted octanol–water partition coefficient (Wildman–Crippen LogP) is 3.51. The molecule has 19 heavy (non-hydrogen) atoms. The molecule has 0 bridgehead atoms. The molecule has 0 amide bonds. The van der Waals surface area contributed by atoms with Gasteiger partial charge in [0.1, 0.15) is 0 Å². The van der Waals surface area contributed by atoms with Crippen LogP contribution in [0.25, 0.3) is 0 Å². The van der Waals surface area contributed by atoms with Crippen LogP contribution < -0.4 is 5.32 Å². The van der Waals surface area contributed by atoms with Crippen molar-refractivity contribution in [2.75, 3.05) is 7.05 Å². The average molecular weight is 263 g/mol. The van der Waals surface area contributed by atoms with Crippen molar-refractivity contribution in [3.05, 3.63) is 17.0 Å². The molecule has 1 aromatic heterocycles. The van der Waals surface area contributed by atoms with E-state index >= 15 is 0 Å². The zero-order valence-electron chi connectivity index (χ0n) is 13.2. The quantitative estimate of drug-likeness (QED) is 0.901. The highest BCUT2D eigenvalue weighted by Crippen LogP contribution is 2.39. The Kier molecular flexibility index (Phi) is 4.67. The van der Waals surface area contributed by atoms with Crippen molar-refractivity contribution in [2.45, 2.75) is 58.9 Å². The van der Waals surface area contributed by atoms with Gasteiger partial charge in [-0.25, -0.2) is 0 Å². The van der Waals surface area contributed by atoms with Crippen LogP contribution in [0.2, 0.25) is 0 Å². The number of hydrogen-bond acceptors (Lipinski definition) is 2. The minimum Gasteiger partial charge on any atom is -0.313 e. The Labute approximate surface area is 117 Å². The Morgan fingerprint density at radius 3 is 2.32 bits per heavy atom. The summed E-state index contributed by atoms with van der Waals surface area (Å²) in [6.45, 7) is 6.66. The van der Waals surface area contributed by atoms with E-state index in [2.05, 4.69) is 38.2 Å². The SMILES string of the molecule is CCC1CCC(C(NC)c2c(C)nn(C)c2C)CC1. The number of hydrogen-bond donors (Lipinski definition) is 1. The molecule has 1 atom stereocenters. The molecule has 0 saturated heterocycles. The maximum Gasteiger partial charge on any atom is 0.0644 e. The van der Waals surface area contributed by atoms with Gasteiger partial charge in [0.2, 0.25) is 0 Å². The Bertz CT molecular complexity index is 414. The van der Waals surface area contributed by atoms with Gasteiger partial charge >= 0.3 is 0 Å². The summed E-state index contributed by atoms with van der Waals surface area (Å²) in [6.07, 6.45) is 6.87. The Hall–Kier alpha value is -0.830. The summed E-state index contributed by atoms with van der Waals surface area (Å²) in [5, 5.41) is 8.14. The number of nitrogens with one attached hydrogen (secondary N) is 1. The van der Waals surface area contributed by atoms with Crippen LogP contribution in [0.1, 0.15) is 62.0 Å². The van der Waals surface area contributed by atoms with E-state index in [4.69, 9.17) is 0 Å². The topological polar surface area (TPSA) is 29.9 Å². The largest absolute Gasteiger partial charge is 0.313 e. The molecule has 0 spiro atoms. The van der Waals surface area contributed by atoms with Crippen LogP contribution in [0.5, 0.6) is 0 Å². The fourth-order valence-corrected chi connectivity index (χ4v) is 3.79. The molecule has 108 valence electrons. The molecule has 3 heteroatoms. The third-order valence-electron chi connectivity index (χ3n) is 5.13. The summed E-state index contributed by atoms with van der Waals surface area (Å²) >= 11 is 0. The maximum atomic E-state index is 4.58. The van der Waals surface area contributed by atoms with Crippen LogP contribution in [0.4, 0.5) is 0 Å². The summed E-state index contributed by atoms with van der Waals surface area (Å²) in [4.78, 5) is 0. The highest BCUT2D eigenvalue weighted by molar-refractivity contribution is 5.29. The minimum atomic E-state index is 0.478. The number of aryl methyl sites for hydroxylation is 2. The molecule has 1 saturated carbocycles. The van der Waals surface area contributed by atoms with Gasteiger partial charge in [-0.05, 0) is 45.6 Å². The van der Waals surface area contributed by atoms with Crippen molar-refractivity contribution < 1.29 is 0 Å². The summed E-state index contributed by atoms with van der Waals surface area (Å²) < 4.78 is 2.02. The summed E-state index contributed by atoms with van der Waals surface area (Å²) in [5.74, 6) is 1.74. The molecule has 1 N–H and O–H groups in total. The van der Waals surface area contributed by atoms with Crippen LogP contribution >= 0.6 is 0 Å². The van der Waals surface area contributed by atoms with Crippen LogP contribution in [0.3, 0.4) is 0 Å². The second-order valence-electron chi connectivity index (χ2n) is 6.16. The molecule has 1 fully saturated rings. The second kappa shape index (κ2) is 6.08. The Balaban J connectivity index is 2.16. The van der Waals surface area contributed by atoms with E-state index in [-0.39, 0.29) is 0 Å². The Morgan fingerprint density at radius 1 is 1.26 bits per heavy atom. The summed E-state index contributed by atoms with van der Waals surface area (Å²) in [7, 11) is 4.15. The van der Waals surface area contributed by atoms with E-state index < -0.39 is 0 Å². The zero-order valence-corrected chi connectivity index (χ0v) is 13.2. The summed E-state index contributed by atoms with van der Waals surface area (Å²) in [5.41, 5.74) is 3.94. The number of aromatic nitrogens is 2. The van der Waals surface area contributed by atoms with Gasteiger partial charge in [-0.2, -0.15) is 5.10 Å². The van der Waals surface area contributed by atoms with Gasteiger partial charge in [-0.3, -0.25) is 4.68 Å². The van der Waals surface area contributed by atoms with Crippen LogP contribution in [-0.4, -0.2) is 16.8 Å². The molecular weight excluding hydrogens is 234 g/mol. The van der Waals surface area contributed by atoms with Gasteiger partial charge in [0, 0.05) is 24.3 Å². The highest BCUT2D eigenvalue weighted by Gasteiger charge is 2.30. The van der Waals surface area contributed by atoms with Gasteiger partial charge < -0.3 is 5.32 Å². The van der Waals surface area contributed by atoms with E-state index in [0.29, 0.717) is 6.04 Å². The van der Waals surface area contributed by atoms with Gasteiger partial charge in [0.25, 0.3) is 0 Å². The molecule has 0 radical (unpaired) electrons. The predicted molar refractivity (Wildman–Crippen MR) is 80.2 cm³/mol. The lowest BCUT2D eigenvalue weighted by atomic mass is 9.75. The first-order chi connectivity index (χ1) is 9.08. The molecule has 2 rings (SSSR count). The van der Waals surface area contributed by atoms with Crippen molar-refractivity contribution in [1.82, 2.24) is 15.1 Å². The molecule has 1 heterocycles. The lowest BCUT2D eigenvalue weighted by Gasteiger charge is -2.34. The third-order valence-corrected chi connectivity index (χ3v) is 5.13. The van der Waals surface area contributed by atoms with E-state index in [9.17, 15) is 0 Å². The molecule has 3 nitrogen and oxygen atoms in total. The smallest absolute Gasteiger partial charge is 0.0644 e. The van der Waals surface area contributed by atoms with E-state index in [1.54, 1.807) is 0 Å². The zero-order chi connectivity index (χ0) is 14.0. The van der Waals surface area contributed by atoms with Crippen molar-refractivity contribution in [2.24, 2.45) is 18.9 Å². The lowest BCUT2D eigenvalue weighted by Crippen LogP contribution is -2.29. The number of rotatable bonds is 4. The van der Waals surface area contributed by atoms with Crippen molar-refractivity contribution in [3.63, 3.8) is 0 Å². The standard InChI is InChI=1S/C16H29N3/c1-6-13-7-9-14(10-8-13)16(17-4)15-11(2)18-19(5)12(15)3/h13-14,16-17H,6-10H2,1-5H3. The molecule has 1 aliphatic rings. The highest BCUT2D eigenvalue weighted by atomic mass is 15.3. The fourth-order valence-electron chi connectivity index (χ4n) is 3.79. The van der Waals surface area contributed by atoms with Gasteiger partial charge in [-0.1, -0.05) is 26.2 Å². The van der Waals surface area contributed by atoms with Crippen molar-refractivity contribution in [3.8, 4) is 0 Å². The first-order valence-corrected chi connectivity index (χ1v) is 7.75. The second-order valence-corrected chi connectivity index (χ2v) is 6.16. The van der Waals surface area contributed by atoms with Gasteiger partial charge in [0.05, 0.1) is 5.69 Å². The fraction of sp³-hybridized carbons (Fsp3) is 0.812. The first-order valence-electron chi connectivity index (χ1n) is 7.75. The minimum absolute atomic E-state index is 0.478. The van der Waals surface area contributed by atoms with Gasteiger partial charge in [-0.15, -0.1) is 0 Å². The van der Waals surface area contributed by atoms with Crippen LogP contribution in [-0.2, 0) is 7.05 Å². The van der Waals surface area contributed by atoms with Crippen molar-refractivity contribution >= 4 is 0 Å². The molecule has 1 aliphatic carbocycles. The summed E-state index contributed by atoms with van der Waals surface area (Å²) in [6, 6.07) is 0.478. The normalized spacial score (nSPS) is 25.5. The molecule has 0 aliphatic heterocycles. The molecule has 0 aromatic carbocycles. The van der Waals surface area contributed by atoms with E-state index in [0.717, 1.165) is 11.8 Å². The molecule has 1 unspecified atom stereocenters. The Morgan fingerprint density at radius 2 is 1.89 bits per heavy atom. The van der Waals surface area contributed by atoms with Crippen molar-refractivity contribution in [1.29, 1.82) is 0 Å². The lowest BCUT2D eigenvalue weighted by molar-refractivity contribution is 0.223. The van der Waals surface area contributed by atoms with E-state index in [1.807, 2.05) is 11.7 Å². The monoisotopic (exact) mass is 263 g/mol. The van der Waals surface area contributed by atoms with Crippen LogP contribution in [0.15, 0.2) is 0 Å². The molecular formula is C16H29N3. The average Bonchev–Trinajstić information content (AvgIpc) is 2.67. The number of nitrogens with zero attached hydrogens (tertiary/aromatic N) is 2. The van der Waals surface area contributed by atoms with E-state index in [1.165, 1.54) is 49.1 Å².